The maximum atomic E-state index is 16.4. The average molecular weight is 928 g/mol. The number of ether oxygens (including phenoxy) is 1. The minimum atomic E-state index is -4.07. The second-order valence-corrected chi connectivity index (χ2v) is 20.6. The Morgan fingerprint density at radius 1 is 0.983 bits per heavy atom. The Kier molecular flexibility index (Phi) is 13.4. The predicted octanol–water partition coefficient (Wildman–Crippen LogP) is 9.73. The van der Waals surface area contributed by atoms with Crippen LogP contribution in [0.5, 0.6) is 11.5 Å². The lowest BCUT2D eigenvalue weighted by atomic mass is 9.78. The number of aliphatic hydroxyl groups is 1. The number of aliphatic hydroxyl groups excluding tert-OH is 1. The lowest BCUT2D eigenvalue weighted by Crippen LogP contribution is -2.29. The highest BCUT2D eigenvalue weighted by Gasteiger charge is 2.34. The van der Waals surface area contributed by atoms with Gasteiger partial charge in [0.15, 0.2) is 44.6 Å². The topological polar surface area (TPSA) is 166 Å². The van der Waals surface area contributed by atoms with Gasteiger partial charge in [-0.25, -0.2) is 34.6 Å². The molecule has 2 unspecified atom stereocenters. The SMILES string of the molecule is CC(Cc1ccccc1[C@H](C)CC(CC(C)(C)CS(=O)(=O)CCO)c1ncc(-c2cccc(Oc3c(F)cc4c(ccn4S(=O)(=O)c4ccccc4)c3Br)c2F)o1)C(=O)O. The van der Waals surface area contributed by atoms with Crippen LogP contribution in [0.25, 0.3) is 22.2 Å². The Morgan fingerprint density at radius 2 is 1.68 bits per heavy atom. The highest BCUT2D eigenvalue weighted by Crippen LogP contribution is 2.44. The first-order chi connectivity index (χ1) is 28.3. The normalized spacial score (nSPS) is 13.9. The fraction of sp³-hybridized carbons (Fsp3) is 0.318. The minimum Gasteiger partial charge on any atom is -0.481 e. The molecule has 0 radical (unpaired) electrons. The van der Waals surface area contributed by atoms with Gasteiger partial charge in [0.05, 0.1) is 50.7 Å². The summed E-state index contributed by atoms with van der Waals surface area (Å²) in [5.41, 5.74) is 0.973. The molecule has 0 aliphatic carbocycles. The third-order valence-electron chi connectivity index (χ3n) is 10.4. The zero-order valence-electron chi connectivity index (χ0n) is 33.3. The van der Waals surface area contributed by atoms with Crippen molar-refractivity contribution in [2.75, 3.05) is 18.1 Å². The molecule has 0 amide bonds. The molecule has 0 saturated carbocycles. The number of halogens is 3. The summed E-state index contributed by atoms with van der Waals surface area (Å²) in [4.78, 5) is 16.3. The number of nitrogens with zero attached hydrogens (tertiary/aromatic N) is 2. The molecule has 318 valence electrons. The number of benzene rings is 4. The molecule has 16 heteroatoms. The van der Waals surface area contributed by atoms with Gasteiger partial charge in [0, 0.05) is 23.6 Å². The Balaban J connectivity index is 1.32. The smallest absolute Gasteiger partial charge is 0.306 e. The third-order valence-corrected chi connectivity index (χ3v) is 14.9. The van der Waals surface area contributed by atoms with Crippen LogP contribution in [-0.2, 0) is 31.1 Å². The van der Waals surface area contributed by atoms with Gasteiger partial charge in [-0.3, -0.25) is 4.79 Å². The van der Waals surface area contributed by atoms with Gasteiger partial charge in [0.1, 0.15) is 0 Å². The van der Waals surface area contributed by atoms with Gasteiger partial charge in [-0.1, -0.05) is 76.2 Å². The third kappa shape index (κ3) is 9.83. The summed E-state index contributed by atoms with van der Waals surface area (Å²) < 4.78 is 97.8. The summed E-state index contributed by atoms with van der Waals surface area (Å²) in [7, 11) is -7.68. The molecular formula is C44H45BrF2N2O9S2. The Bertz CT molecular complexity index is 2740. The van der Waals surface area contributed by atoms with E-state index in [4.69, 9.17) is 9.15 Å². The molecule has 60 heavy (non-hydrogen) atoms. The molecule has 2 N–H and O–H groups in total. The van der Waals surface area contributed by atoms with Crippen LogP contribution >= 0.6 is 15.9 Å². The zero-order chi connectivity index (χ0) is 43.6. The highest BCUT2D eigenvalue weighted by atomic mass is 79.9. The summed E-state index contributed by atoms with van der Waals surface area (Å²) in [6, 6.07) is 22.0. The number of carbonyl (C=O) groups is 1. The number of aliphatic carboxylic acids is 1. The van der Waals surface area contributed by atoms with E-state index in [1.54, 1.807) is 39.0 Å². The van der Waals surface area contributed by atoms with Crippen LogP contribution in [0.15, 0.2) is 111 Å². The summed E-state index contributed by atoms with van der Waals surface area (Å²) in [5, 5.41) is 19.3. The van der Waals surface area contributed by atoms with Crippen molar-refractivity contribution >= 4 is 52.7 Å². The van der Waals surface area contributed by atoms with Crippen molar-refractivity contribution < 1.29 is 49.8 Å². The molecule has 6 aromatic rings. The second kappa shape index (κ2) is 18.0. The Labute approximate surface area is 356 Å². The molecule has 0 bridgehead atoms. The summed E-state index contributed by atoms with van der Waals surface area (Å²) in [6.07, 6.45) is 3.66. The molecule has 2 heterocycles. The molecule has 4 aromatic carbocycles. The highest BCUT2D eigenvalue weighted by molar-refractivity contribution is 9.10. The zero-order valence-corrected chi connectivity index (χ0v) is 36.5. The van der Waals surface area contributed by atoms with E-state index < -0.39 is 61.3 Å². The van der Waals surface area contributed by atoms with Crippen molar-refractivity contribution in [3.8, 4) is 22.8 Å². The van der Waals surface area contributed by atoms with Gasteiger partial charge in [-0.2, -0.15) is 0 Å². The first-order valence-electron chi connectivity index (χ1n) is 19.2. The Hall–Kier alpha value is -4.90. The van der Waals surface area contributed by atoms with Crippen LogP contribution in [0, 0.1) is 23.0 Å². The molecule has 11 nitrogen and oxygen atoms in total. The second-order valence-electron chi connectivity index (χ2n) is 15.8. The molecular weight excluding hydrogens is 883 g/mol. The lowest BCUT2D eigenvalue weighted by molar-refractivity contribution is -0.141. The largest absolute Gasteiger partial charge is 0.481 e. The van der Waals surface area contributed by atoms with Gasteiger partial charge in [0.2, 0.25) is 0 Å². The van der Waals surface area contributed by atoms with Crippen LogP contribution < -0.4 is 4.74 Å². The summed E-state index contributed by atoms with van der Waals surface area (Å²) in [5.74, 6) is -5.12. The standard InChI is InChI=1S/C44H45BrF2N2O9S2/c1-27(32-14-9-8-11-29(32)22-28(2)43(51)52)21-30(24-44(3,4)26-59(53,54)20-19-50)42-48-25-38(58-42)34-15-10-16-37(40(34)47)57-41-35(46)23-36-33(39(41)45)17-18-49(36)60(55,56)31-12-6-5-7-13-31/h5-18,23,25,27-28,30,50H,19-22,24,26H2,1-4H3,(H,51,52)/t27-,28?,30?/m1/s1. The van der Waals surface area contributed by atoms with Gasteiger partial charge in [-0.05, 0) is 88.0 Å². The van der Waals surface area contributed by atoms with Crippen LogP contribution in [0.1, 0.15) is 69.4 Å². The van der Waals surface area contributed by atoms with E-state index in [1.807, 2.05) is 31.2 Å². The van der Waals surface area contributed by atoms with Crippen LogP contribution in [0.4, 0.5) is 8.78 Å². The van der Waals surface area contributed by atoms with E-state index in [2.05, 4.69) is 20.9 Å². The fourth-order valence-electron chi connectivity index (χ4n) is 7.64. The van der Waals surface area contributed by atoms with Crippen LogP contribution in [-0.4, -0.2) is 60.1 Å². The van der Waals surface area contributed by atoms with Gasteiger partial charge < -0.3 is 19.4 Å². The first kappa shape index (κ1) is 44.6. The number of hydrogen-bond donors (Lipinski definition) is 2. The lowest BCUT2D eigenvalue weighted by Gasteiger charge is -2.30. The molecule has 0 aliphatic heterocycles. The quantitative estimate of drug-likeness (QED) is 0.0848. The predicted molar refractivity (Wildman–Crippen MR) is 227 cm³/mol. The van der Waals surface area contributed by atoms with E-state index >= 15 is 8.78 Å². The average Bonchev–Trinajstić information content (AvgIpc) is 3.85. The molecule has 0 saturated heterocycles. The number of sulfone groups is 1. The van der Waals surface area contributed by atoms with E-state index in [0.29, 0.717) is 18.2 Å². The monoisotopic (exact) mass is 926 g/mol. The molecule has 6 rings (SSSR count). The first-order valence-corrected chi connectivity index (χ1v) is 23.2. The number of carboxylic acid groups (broad SMARTS) is 1. The van der Waals surface area contributed by atoms with E-state index in [-0.39, 0.29) is 67.4 Å². The number of rotatable bonds is 18. The maximum Gasteiger partial charge on any atom is 0.306 e. The van der Waals surface area contributed by atoms with E-state index in [1.165, 1.54) is 48.8 Å². The summed E-state index contributed by atoms with van der Waals surface area (Å²) >= 11 is 3.34. The number of fused-ring (bicyclic) bond motifs is 1. The molecule has 0 fully saturated rings. The maximum absolute atomic E-state index is 16.4. The Morgan fingerprint density at radius 3 is 2.38 bits per heavy atom. The van der Waals surface area contributed by atoms with Crippen molar-refractivity contribution in [2.45, 2.75) is 63.7 Å². The van der Waals surface area contributed by atoms with E-state index in [9.17, 15) is 31.8 Å². The number of hydrogen-bond acceptors (Lipinski definition) is 9. The van der Waals surface area contributed by atoms with Crippen molar-refractivity contribution in [1.29, 1.82) is 0 Å². The summed E-state index contributed by atoms with van der Waals surface area (Å²) in [6.45, 7) is 6.73. The van der Waals surface area contributed by atoms with Crippen molar-refractivity contribution in [2.24, 2.45) is 11.3 Å². The van der Waals surface area contributed by atoms with Crippen molar-refractivity contribution in [3.63, 3.8) is 0 Å². The van der Waals surface area contributed by atoms with Gasteiger partial charge in [-0.15, -0.1) is 0 Å². The number of aromatic nitrogens is 2. The van der Waals surface area contributed by atoms with Gasteiger partial charge >= 0.3 is 5.97 Å². The van der Waals surface area contributed by atoms with Crippen molar-refractivity contribution in [3.05, 3.63) is 130 Å². The molecule has 0 spiro atoms. The van der Waals surface area contributed by atoms with Crippen LogP contribution in [0.3, 0.4) is 0 Å². The minimum absolute atomic E-state index is 0.0114. The molecule has 0 aliphatic rings. The van der Waals surface area contributed by atoms with Crippen LogP contribution in [0.2, 0.25) is 0 Å². The van der Waals surface area contributed by atoms with E-state index in [0.717, 1.165) is 21.2 Å². The molecule has 3 atom stereocenters. The van der Waals surface area contributed by atoms with Crippen molar-refractivity contribution in [1.82, 2.24) is 8.96 Å². The fourth-order valence-corrected chi connectivity index (χ4v) is 11.3. The van der Waals surface area contributed by atoms with Gasteiger partial charge in [0.25, 0.3) is 10.0 Å². The molecule has 2 aromatic heterocycles. The number of carboxylic acids is 1. The number of oxazole rings is 1.